The summed E-state index contributed by atoms with van der Waals surface area (Å²) in [6, 6.07) is 25.6. The van der Waals surface area contributed by atoms with Crippen LogP contribution in [0.3, 0.4) is 0 Å². The summed E-state index contributed by atoms with van der Waals surface area (Å²) < 4.78 is 8.09. The van der Waals surface area contributed by atoms with Crippen LogP contribution in [0.4, 0.5) is 5.69 Å². The van der Waals surface area contributed by atoms with Crippen LogP contribution >= 0.6 is 24.0 Å². The zero-order valence-electron chi connectivity index (χ0n) is 20.0. The predicted molar refractivity (Wildman–Crippen MR) is 152 cm³/mol. The zero-order valence-corrected chi connectivity index (χ0v) is 21.7. The molecule has 3 aromatic carbocycles. The molecule has 0 saturated carbocycles. The van der Waals surface area contributed by atoms with Crippen molar-refractivity contribution in [3.8, 4) is 22.7 Å². The van der Waals surface area contributed by atoms with Gasteiger partial charge >= 0.3 is 0 Å². The number of hydrogen-bond donors (Lipinski definition) is 0. The van der Waals surface area contributed by atoms with Crippen molar-refractivity contribution in [3.05, 3.63) is 101 Å². The van der Waals surface area contributed by atoms with Gasteiger partial charge in [0, 0.05) is 17.3 Å². The molecule has 0 aliphatic carbocycles. The fourth-order valence-corrected chi connectivity index (χ4v) is 5.17. The van der Waals surface area contributed by atoms with Crippen molar-refractivity contribution in [1.82, 2.24) is 9.78 Å². The summed E-state index contributed by atoms with van der Waals surface area (Å²) in [5.41, 5.74) is 5.40. The molecular formula is C29H25N3O2S2. The molecule has 180 valence electrons. The van der Waals surface area contributed by atoms with Gasteiger partial charge in [-0.15, -0.1) is 0 Å². The Bertz CT molecular complexity index is 1430. The van der Waals surface area contributed by atoms with Crippen LogP contribution in [0.5, 0.6) is 5.75 Å². The fourth-order valence-electron chi connectivity index (χ4n) is 3.88. The Hall–Kier alpha value is -3.68. The first-order valence-corrected chi connectivity index (χ1v) is 13.0. The lowest BCUT2D eigenvalue weighted by Crippen LogP contribution is -2.27. The van der Waals surface area contributed by atoms with Gasteiger partial charge in [-0.1, -0.05) is 66.8 Å². The molecule has 1 amide bonds. The number of rotatable bonds is 7. The maximum Gasteiger partial charge on any atom is 0.270 e. The number of carbonyl (C=O) groups is 1. The average molecular weight is 512 g/mol. The van der Waals surface area contributed by atoms with Crippen LogP contribution in [0.25, 0.3) is 23.0 Å². The van der Waals surface area contributed by atoms with E-state index < -0.39 is 0 Å². The van der Waals surface area contributed by atoms with Crippen molar-refractivity contribution in [2.45, 2.75) is 20.3 Å². The van der Waals surface area contributed by atoms with Gasteiger partial charge in [0.2, 0.25) is 0 Å². The van der Waals surface area contributed by atoms with Crippen molar-refractivity contribution in [1.29, 1.82) is 0 Å². The molecule has 5 rings (SSSR count). The van der Waals surface area contributed by atoms with Crippen molar-refractivity contribution >= 4 is 46.0 Å². The molecule has 0 spiro atoms. The molecule has 1 fully saturated rings. The standard InChI is InChI=1S/C29H25N3O2S2/c1-3-17-34-25-15-11-21(12-16-25)27-22(19-31(30-27)23-7-5-4-6-8-23)18-26-28(33)32(29(35)36-26)24-13-9-20(2)10-14-24/h4-16,18-19H,3,17H2,1-2H3. The van der Waals surface area contributed by atoms with E-state index in [9.17, 15) is 4.79 Å². The van der Waals surface area contributed by atoms with Crippen molar-refractivity contribution in [2.75, 3.05) is 11.5 Å². The van der Waals surface area contributed by atoms with E-state index in [-0.39, 0.29) is 5.91 Å². The van der Waals surface area contributed by atoms with Gasteiger partial charge in [0.15, 0.2) is 4.32 Å². The molecule has 5 nitrogen and oxygen atoms in total. The van der Waals surface area contributed by atoms with Crippen LogP contribution in [0.15, 0.2) is 90.0 Å². The molecule has 4 aromatic rings. The van der Waals surface area contributed by atoms with Crippen LogP contribution in [-0.4, -0.2) is 26.6 Å². The summed E-state index contributed by atoms with van der Waals surface area (Å²) in [5.74, 6) is 0.694. The summed E-state index contributed by atoms with van der Waals surface area (Å²) in [6.07, 6.45) is 4.79. The summed E-state index contributed by atoms with van der Waals surface area (Å²) in [5, 5.41) is 4.88. The predicted octanol–water partition coefficient (Wildman–Crippen LogP) is 7.04. The molecule has 7 heteroatoms. The number of para-hydroxylation sites is 1. The van der Waals surface area contributed by atoms with Gasteiger partial charge in [0.05, 0.1) is 28.6 Å². The minimum Gasteiger partial charge on any atom is -0.494 e. The average Bonchev–Trinajstić information content (AvgIpc) is 3.44. The highest BCUT2D eigenvalue weighted by Gasteiger charge is 2.33. The molecule has 0 bridgehead atoms. The second-order valence-electron chi connectivity index (χ2n) is 8.44. The molecule has 1 saturated heterocycles. The molecule has 0 atom stereocenters. The Balaban J connectivity index is 1.53. The minimum absolute atomic E-state index is 0.129. The van der Waals surface area contributed by atoms with Gasteiger partial charge in [-0.2, -0.15) is 5.10 Å². The number of nitrogens with zero attached hydrogens (tertiary/aromatic N) is 3. The second kappa shape index (κ2) is 10.5. The number of carbonyl (C=O) groups excluding carboxylic acids is 1. The summed E-state index contributed by atoms with van der Waals surface area (Å²) in [7, 11) is 0. The third-order valence-corrected chi connectivity index (χ3v) is 7.04. The van der Waals surface area contributed by atoms with Gasteiger partial charge in [-0.3, -0.25) is 9.69 Å². The number of thioether (sulfide) groups is 1. The first-order valence-electron chi connectivity index (χ1n) is 11.8. The van der Waals surface area contributed by atoms with Gasteiger partial charge < -0.3 is 4.74 Å². The Morgan fingerprint density at radius 3 is 2.39 bits per heavy atom. The molecule has 1 aromatic heterocycles. The molecule has 1 aliphatic heterocycles. The number of ether oxygens (including phenoxy) is 1. The van der Waals surface area contributed by atoms with Crippen LogP contribution in [0.1, 0.15) is 24.5 Å². The zero-order chi connectivity index (χ0) is 25.1. The van der Waals surface area contributed by atoms with E-state index in [0.717, 1.165) is 45.9 Å². The van der Waals surface area contributed by atoms with E-state index in [4.69, 9.17) is 22.1 Å². The van der Waals surface area contributed by atoms with Crippen LogP contribution < -0.4 is 9.64 Å². The maximum absolute atomic E-state index is 13.4. The molecular weight excluding hydrogens is 486 g/mol. The summed E-state index contributed by atoms with van der Waals surface area (Å²) in [6.45, 7) is 4.77. The Kier molecular flexibility index (Phi) is 7.02. The van der Waals surface area contributed by atoms with E-state index in [1.807, 2.05) is 103 Å². The Morgan fingerprint density at radius 2 is 1.69 bits per heavy atom. The molecule has 2 heterocycles. The van der Waals surface area contributed by atoms with Crippen LogP contribution in [0, 0.1) is 6.92 Å². The van der Waals surface area contributed by atoms with E-state index in [1.54, 1.807) is 4.90 Å². The molecule has 0 unspecified atom stereocenters. The number of aryl methyl sites for hydroxylation is 1. The number of thiocarbonyl (C=S) groups is 1. The summed E-state index contributed by atoms with van der Waals surface area (Å²) in [4.78, 5) is 15.5. The van der Waals surface area contributed by atoms with Crippen molar-refractivity contribution in [2.24, 2.45) is 0 Å². The molecule has 0 radical (unpaired) electrons. The topological polar surface area (TPSA) is 47.4 Å². The van der Waals surface area contributed by atoms with Gasteiger partial charge in [0.25, 0.3) is 5.91 Å². The van der Waals surface area contributed by atoms with E-state index in [0.29, 0.717) is 15.8 Å². The highest BCUT2D eigenvalue weighted by Crippen LogP contribution is 2.37. The molecule has 1 aliphatic rings. The quantitative estimate of drug-likeness (QED) is 0.197. The van der Waals surface area contributed by atoms with Crippen LogP contribution in [0.2, 0.25) is 0 Å². The first kappa shape index (κ1) is 24.0. The molecule has 0 N–H and O–H groups in total. The fraction of sp³-hybridized carbons (Fsp3) is 0.138. The lowest BCUT2D eigenvalue weighted by Gasteiger charge is -2.14. The van der Waals surface area contributed by atoms with Gasteiger partial charge in [-0.05, 0) is 68.0 Å². The minimum atomic E-state index is -0.129. The Labute approximate surface area is 220 Å². The number of anilines is 1. The third kappa shape index (κ3) is 4.98. The SMILES string of the molecule is CCCOc1ccc(-c2nn(-c3ccccc3)cc2C=C2SC(=S)N(c3ccc(C)cc3)C2=O)cc1. The number of amides is 1. The second-order valence-corrected chi connectivity index (χ2v) is 10.1. The monoisotopic (exact) mass is 511 g/mol. The number of hydrogen-bond acceptors (Lipinski definition) is 5. The lowest BCUT2D eigenvalue weighted by molar-refractivity contribution is -0.113. The Morgan fingerprint density at radius 1 is 0.972 bits per heavy atom. The number of aromatic nitrogens is 2. The van der Waals surface area contributed by atoms with Gasteiger partial charge in [0.1, 0.15) is 5.75 Å². The van der Waals surface area contributed by atoms with Crippen molar-refractivity contribution in [3.63, 3.8) is 0 Å². The van der Waals surface area contributed by atoms with Gasteiger partial charge in [-0.25, -0.2) is 4.68 Å². The number of benzene rings is 3. The van der Waals surface area contributed by atoms with Crippen molar-refractivity contribution < 1.29 is 9.53 Å². The third-order valence-electron chi connectivity index (χ3n) is 5.74. The lowest BCUT2D eigenvalue weighted by atomic mass is 10.1. The summed E-state index contributed by atoms with van der Waals surface area (Å²) >= 11 is 6.88. The smallest absolute Gasteiger partial charge is 0.270 e. The highest BCUT2D eigenvalue weighted by atomic mass is 32.2. The normalized spacial score (nSPS) is 14.6. The maximum atomic E-state index is 13.4. The first-order chi connectivity index (χ1) is 17.5. The van der Waals surface area contributed by atoms with Crippen LogP contribution in [-0.2, 0) is 4.79 Å². The van der Waals surface area contributed by atoms with E-state index in [2.05, 4.69) is 6.92 Å². The molecule has 36 heavy (non-hydrogen) atoms. The highest BCUT2D eigenvalue weighted by molar-refractivity contribution is 8.27. The van der Waals surface area contributed by atoms with E-state index in [1.165, 1.54) is 11.8 Å². The van der Waals surface area contributed by atoms with E-state index >= 15 is 0 Å². The largest absolute Gasteiger partial charge is 0.494 e.